The quantitative estimate of drug-likeness (QED) is 0.474. The van der Waals surface area contributed by atoms with E-state index in [2.05, 4.69) is 42.2 Å². The fourth-order valence-corrected chi connectivity index (χ4v) is 7.80. The van der Waals surface area contributed by atoms with Crippen molar-refractivity contribution in [3.63, 3.8) is 0 Å². The smallest absolute Gasteiger partial charge is 0.144 e. The minimum Gasteiger partial charge on any atom is -0.389 e. The Hall–Kier alpha value is -3.03. The maximum atomic E-state index is 14.9. The van der Waals surface area contributed by atoms with Crippen LogP contribution < -0.4 is 0 Å². The Labute approximate surface area is 206 Å². The third kappa shape index (κ3) is 3.44. The Morgan fingerprint density at radius 3 is 2.63 bits per heavy atom. The molecule has 0 aliphatic heterocycles. The molecule has 3 aromatic rings. The maximum absolute atomic E-state index is 14.9. The summed E-state index contributed by atoms with van der Waals surface area (Å²) in [6, 6.07) is 18.2. The summed E-state index contributed by atoms with van der Waals surface area (Å²) in [4.78, 5) is 4.22. The Bertz CT molecular complexity index is 1300. The molecule has 3 aliphatic carbocycles. The van der Waals surface area contributed by atoms with E-state index in [1.165, 1.54) is 5.56 Å². The highest BCUT2D eigenvalue weighted by molar-refractivity contribution is 5.62. The number of rotatable bonds is 3. The lowest BCUT2D eigenvalue weighted by atomic mass is 9.52. The molecular formula is C31H31FN2O. The first-order valence-corrected chi connectivity index (χ1v) is 12.9. The minimum absolute atomic E-state index is 0.140. The van der Waals surface area contributed by atoms with E-state index >= 15 is 0 Å². The molecule has 1 aromatic heterocycles. The van der Waals surface area contributed by atoms with Crippen LogP contribution in [-0.4, -0.2) is 15.7 Å². The highest BCUT2D eigenvalue weighted by Crippen LogP contribution is 2.65. The molecule has 0 saturated heterocycles. The summed E-state index contributed by atoms with van der Waals surface area (Å²) in [6.07, 6.45) is 9.72. The van der Waals surface area contributed by atoms with Crippen LogP contribution in [0.25, 0.3) is 11.1 Å². The lowest BCUT2D eigenvalue weighted by molar-refractivity contribution is -0.102. The van der Waals surface area contributed by atoms with E-state index in [1.807, 2.05) is 24.4 Å². The van der Waals surface area contributed by atoms with Crippen molar-refractivity contribution in [2.75, 3.05) is 0 Å². The first-order valence-electron chi connectivity index (χ1n) is 12.9. The fraction of sp³-hybridized carbons (Fsp3) is 0.419. The maximum Gasteiger partial charge on any atom is 0.144 e. The third-order valence-electron chi connectivity index (χ3n) is 9.73. The molecule has 2 fully saturated rings. The molecule has 1 heterocycles. The number of pyridine rings is 1. The number of nitriles is 1. The number of aromatic nitrogens is 1. The number of fused-ring (bicyclic) bond motifs is 5. The number of hydrogen-bond acceptors (Lipinski definition) is 3. The SMILES string of the molecule is C[C@]12CCC3c4ccc(C#N)c(F)c4CCC3C1CC[C@@]2(O)Cc1ccc(-c2cccnc2)cc1. The van der Waals surface area contributed by atoms with Gasteiger partial charge >= 0.3 is 0 Å². The summed E-state index contributed by atoms with van der Waals surface area (Å²) in [5, 5.41) is 21.3. The monoisotopic (exact) mass is 466 g/mol. The zero-order valence-corrected chi connectivity index (χ0v) is 20.2. The molecule has 3 nitrogen and oxygen atoms in total. The number of hydrogen-bond donors (Lipinski definition) is 1. The van der Waals surface area contributed by atoms with Gasteiger partial charge in [0, 0.05) is 18.8 Å². The Morgan fingerprint density at radius 1 is 1.06 bits per heavy atom. The minimum atomic E-state index is -0.728. The van der Waals surface area contributed by atoms with Gasteiger partial charge in [0.15, 0.2) is 0 Å². The lowest BCUT2D eigenvalue weighted by Gasteiger charge is -2.53. The second-order valence-corrected chi connectivity index (χ2v) is 11.2. The van der Waals surface area contributed by atoms with Crippen molar-refractivity contribution in [1.82, 2.24) is 4.98 Å². The van der Waals surface area contributed by atoms with Crippen LogP contribution in [0.15, 0.2) is 60.9 Å². The molecule has 2 aromatic carbocycles. The van der Waals surface area contributed by atoms with Crippen molar-refractivity contribution in [2.45, 2.75) is 63.4 Å². The molecule has 1 N–H and O–H groups in total. The molecule has 3 unspecified atom stereocenters. The van der Waals surface area contributed by atoms with Crippen molar-refractivity contribution < 1.29 is 9.50 Å². The fourth-order valence-electron chi connectivity index (χ4n) is 7.80. The molecule has 178 valence electrons. The van der Waals surface area contributed by atoms with E-state index in [4.69, 9.17) is 0 Å². The molecule has 4 heteroatoms. The van der Waals surface area contributed by atoms with Gasteiger partial charge < -0.3 is 5.11 Å². The van der Waals surface area contributed by atoms with Crippen molar-refractivity contribution in [2.24, 2.45) is 17.3 Å². The van der Waals surface area contributed by atoms with E-state index < -0.39 is 5.60 Å². The molecule has 5 atom stereocenters. The summed E-state index contributed by atoms with van der Waals surface area (Å²) >= 11 is 0. The van der Waals surface area contributed by atoms with Crippen LogP contribution in [0.5, 0.6) is 0 Å². The number of benzene rings is 2. The largest absolute Gasteiger partial charge is 0.389 e. The molecule has 0 amide bonds. The Kier molecular flexibility index (Phi) is 5.31. The summed E-state index contributed by atoms with van der Waals surface area (Å²) < 4.78 is 14.9. The highest BCUT2D eigenvalue weighted by atomic mass is 19.1. The summed E-state index contributed by atoms with van der Waals surface area (Å²) in [7, 11) is 0. The molecule has 0 radical (unpaired) electrons. The van der Waals surface area contributed by atoms with Gasteiger partial charge in [0.1, 0.15) is 11.9 Å². The normalized spacial score (nSPS) is 31.2. The van der Waals surface area contributed by atoms with E-state index in [9.17, 15) is 14.8 Å². The van der Waals surface area contributed by atoms with Gasteiger partial charge in [0.2, 0.25) is 0 Å². The Morgan fingerprint density at radius 2 is 1.89 bits per heavy atom. The van der Waals surface area contributed by atoms with Crippen LogP contribution in [0, 0.1) is 34.4 Å². The third-order valence-corrected chi connectivity index (χ3v) is 9.73. The summed E-state index contributed by atoms with van der Waals surface area (Å²) in [6.45, 7) is 2.31. The van der Waals surface area contributed by atoms with Gasteiger partial charge in [-0.05, 0) is 102 Å². The molecule has 3 aliphatic rings. The van der Waals surface area contributed by atoms with Gasteiger partial charge in [-0.1, -0.05) is 43.3 Å². The second-order valence-electron chi connectivity index (χ2n) is 11.2. The van der Waals surface area contributed by atoms with Crippen LogP contribution in [0.4, 0.5) is 4.39 Å². The number of nitrogens with zero attached hydrogens (tertiary/aromatic N) is 2. The zero-order valence-electron chi connectivity index (χ0n) is 20.2. The van der Waals surface area contributed by atoms with Gasteiger partial charge in [-0.25, -0.2) is 4.39 Å². The molecule has 2 saturated carbocycles. The Balaban J connectivity index is 1.25. The standard InChI is InChI=1S/C31H31FN2O/c1-30-14-12-25-24-9-8-22(18-33)29(32)27(24)11-10-26(25)28(30)13-15-31(30,35)17-20-4-6-21(7-5-20)23-3-2-16-34-19-23/h2-9,16,19,25-26,28,35H,10-15,17H2,1H3/t25?,26?,28?,30-,31+/m0/s1. The van der Waals surface area contributed by atoms with E-state index in [0.717, 1.165) is 54.4 Å². The van der Waals surface area contributed by atoms with Gasteiger partial charge in [-0.3, -0.25) is 4.98 Å². The van der Waals surface area contributed by atoms with Crippen LogP contribution in [0.3, 0.4) is 0 Å². The van der Waals surface area contributed by atoms with E-state index in [0.29, 0.717) is 30.6 Å². The van der Waals surface area contributed by atoms with Gasteiger partial charge in [-0.15, -0.1) is 0 Å². The van der Waals surface area contributed by atoms with Crippen molar-refractivity contribution in [3.8, 4) is 17.2 Å². The van der Waals surface area contributed by atoms with Crippen molar-refractivity contribution in [1.29, 1.82) is 5.26 Å². The molecule has 35 heavy (non-hydrogen) atoms. The highest BCUT2D eigenvalue weighted by Gasteiger charge is 2.61. The average Bonchev–Trinajstić information content (AvgIpc) is 3.15. The van der Waals surface area contributed by atoms with Crippen LogP contribution in [0.2, 0.25) is 0 Å². The van der Waals surface area contributed by atoms with Crippen molar-refractivity contribution >= 4 is 0 Å². The topological polar surface area (TPSA) is 56.9 Å². The van der Waals surface area contributed by atoms with Crippen LogP contribution in [-0.2, 0) is 12.8 Å². The second kappa shape index (κ2) is 8.28. The number of aliphatic hydroxyl groups is 1. The predicted octanol–water partition coefficient (Wildman–Crippen LogP) is 6.59. The molecule has 6 rings (SSSR count). The average molecular weight is 467 g/mol. The first-order chi connectivity index (χ1) is 16.9. The van der Waals surface area contributed by atoms with E-state index in [-0.39, 0.29) is 16.8 Å². The van der Waals surface area contributed by atoms with Crippen LogP contribution in [0.1, 0.15) is 67.2 Å². The van der Waals surface area contributed by atoms with E-state index in [1.54, 1.807) is 12.3 Å². The van der Waals surface area contributed by atoms with Crippen molar-refractivity contribution in [3.05, 3.63) is 89.0 Å². The number of halogens is 1. The zero-order chi connectivity index (χ0) is 24.2. The summed E-state index contributed by atoms with van der Waals surface area (Å²) in [5.41, 5.74) is 4.57. The van der Waals surface area contributed by atoms with Gasteiger partial charge in [0.05, 0.1) is 11.2 Å². The first kappa shape index (κ1) is 22.4. The van der Waals surface area contributed by atoms with Crippen LogP contribution >= 0.6 is 0 Å². The molecular weight excluding hydrogens is 435 g/mol. The lowest BCUT2D eigenvalue weighted by Crippen LogP contribution is -2.52. The molecule has 0 bridgehead atoms. The predicted molar refractivity (Wildman–Crippen MR) is 134 cm³/mol. The molecule has 0 spiro atoms. The van der Waals surface area contributed by atoms with Gasteiger partial charge in [-0.2, -0.15) is 5.26 Å². The van der Waals surface area contributed by atoms with Gasteiger partial charge in [0.25, 0.3) is 0 Å². The summed E-state index contributed by atoms with van der Waals surface area (Å²) in [5.74, 6) is 0.929.